The molecule has 0 amide bonds. The Hall–Kier alpha value is -2.29. The Labute approximate surface area is 119 Å². The van der Waals surface area contributed by atoms with Gasteiger partial charge in [0.1, 0.15) is 0 Å². The number of carboxylic acid groups (broad SMARTS) is 1. The second-order valence-electron chi connectivity index (χ2n) is 5.94. The zero-order valence-corrected chi connectivity index (χ0v) is 12.0. The van der Waals surface area contributed by atoms with Gasteiger partial charge in [-0.3, -0.25) is 0 Å². The summed E-state index contributed by atoms with van der Waals surface area (Å²) in [4.78, 5) is 11.3. The highest BCUT2D eigenvalue weighted by Crippen LogP contribution is 2.29. The zero-order chi connectivity index (χ0) is 14.9. The Bertz CT molecular complexity index is 637. The second-order valence-corrected chi connectivity index (χ2v) is 5.94. The number of anilines is 1. The summed E-state index contributed by atoms with van der Waals surface area (Å²) < 4.78 is 0. The van der Waals surface area contributed by atoms with E-state index in [9.17, 15) is 9.90 Å². The van der Waals surface area contributed by atoms with Crippen LogP contribution in [0.1, 0.15) is 36.7 Å². The number of hydrogen-bond donors (Lipinski definition) is 2. The topological polar surface area (TPSA) is 63.3 Å². The summed E-state index contributed by atoms with van der Waals surface area (Å²) in [6, 6.07) is 12.8. The minimum atomic E-state index is -0.945. The molecule has 0 spiro atoms. The van der Waals surface area contributed by atoms with Gasteiger partial charge in [0.2, 0.25) is 0 Å². The predicted molar refractivity (Wildman–Crippen MR) is 81.9 cm³/mol. The first-order valence-electron chi connectivity index (χ1n) is 6.53. The lowest BCUT2D eigenvalue weighted by Gasteiger charge is -2.19. The third-order valence-electron chi connectivity index (χ3n) is 3.34. The normalized spacial score (nSPS) is 11.3. The highest BCUT2D eigenvalue weighted by Gasteiger charge is 2.15. The smallest absolute Gasteiger partial charge is 0.336 e. The molecule has 3 heteroatoms. The molecule has 3 nitrogen and oxygen atoms in total. The predicted octanol–water partition coefficient (Wildman–Crippen LogP) is 3.93. The van der Waals surface area contributed by atoms with Gasteiger partial charge in [0.05, 0.1) is 5.56 Å². The molecule has 0 aliphatic carbocycles. The lowest BCUT2D eigenvalue weighted by Crippen LogP contribution is -2.10. The Balaban J connectivity index is 2.52. The molecule has 0 aliphatic heterocycles. The molecule has 0 bridgehead atoms. The van der Waals surface area contributed by atoms with E-state index in [1.807, 2.05) is 24.3 Å². The van der Waals surface area contributed by atoms with E-state index in [2.05, 4.69) is 20.8 Å². The minimum Gasteiger partial charge on any atom is -0.478 e. The van der Waals surface area contributed by atoms with Gasteiger partial charge < -0.3 is 10.8 Å². The van der Waals surface area contributed by atoms with Crippen LogP contribution >= 0.6 is 0 Å². The molecule has 3 N–H and O–H groups in total. The number of carboxylic acids is 1. The summed E-state index contributed by atoms with van der Waals surface area (Å²) in [5.74, 6) is -0.945. The van der Waals surface area contributed by atoms with Gasteiger partial charge in [-0.2, -0.15) is 0 Å². The molecule has 0 unspecified atom stereocenters. The summed E-state index contributed by atoms with van der Waals surface area (Å²) in [6.45, 7) is 6.43. The second kappa shape index (κ2) is 5.00. The van der Waals surface area contributed by atoms with Crippen molar-refractivity contribution in [2.24, 2.45) is 0 Å². The van der Waals surface area contributed by atoms with Crippen LogP contribution in [0, 0.1) is 0 Å². The van der Waals surface area contributed by atoms with Crippen molar-refractivity contribution in [3.63, 3.8) is 0 Å². The number of benzene rings is 2. The van der Waals surface area contributed by atoms with Gasteiger partial charge in [-0.15, -0.1) is 0 Å². The fourth-order valence-electron chi connectivity index (χ4n) is 2.14. The van der Waals surface area contributed by atoms with Crippen molar-refractivity contribution in [2.75, 3.05) is 5.73 Å². The number of rotatable bonds is 2. The maximum atomic E-state index is 11.3. The van der Waals surface area contributed by atoms with E-state index in [1.54, 1.807) is 18.2 Å². The van der Waals surface area contributed by atoms with E-state index in [-0.39, 0.29) is 11.0 Å². The van der Waals surface area contributed by atoms with E-state index in [0.29, 0.717) is 11.3 Å². The molecule has 20 heavy (non-hydrogen) atoms. The Morgan fingerprint density at radius 2 is 1.65 bits per heavy atom. The molecule has 0 atom stereocenters. The molecule has 2 rings (SSSR count). The molecule has 0 radical (unpaired) electrons. The molecule has 2 aromatic rings. The summed E-state index contributed by atoms with van der Waals surface area (Å²) >= 11 is 0. The standard InChI is InChI=1S/C17H19NO2/c1-17(2,3)12-6-4-11(5-7-12)15-10-13(18)8-9-14(15)16(19)20/h4-10H,18H2,1-3H3,(H,19,20). The minimum absolute atomic E-state index is 0.0733. The molecular formula is C17H19NO2. The first-order chi connectivity index (χ1) is 9.29. The number of nitrogens with two attached hydrogens (primary N) is 1. The van der Waals surface area contributed by atoms with Crippen molar-refractivity contribution in [3.8, 4) is 11.1 Å². The van der Waals surface area contributed by atoms with E-state index in [1.165, 1.54) is 5.56 Å². The Kier molecular flexibility index (Phi) is 3.53. The molecule has 0 aromatic heterocycles. The average Bonchev–Trinajstić information content (AvgIpc) is 2.37. The van der Waals surface area contributed by atoms with Gasteiger partial charge in [0, 0.05) is 5.69 Å². The molecule has 0 saturated carbocycles. The van der Waals surface area contributed by atoms with Gasteiger partial charge in [0.25, 0.3) is 0 Å². The van der Waals surface area contributed by atoms with Gasteiger partial charge in [-0.05, 0) is 40.3 Å². The summed E-state index contributed by atoms with van der Waals surface area (Å²) in [6.07, 6.45) is 0. The van der Waals surface area contributed by atoms with Crippen LogP contribution in [-0.4, -0.2) is 11.1 Å². The molecule has 2 aromatic carbocycles. The summed E-state index contributed by atoms with van der Waals surface area (Å²) in [5.41, 5.74) is 9.40. The highest BCUT2D eigenvalue weighted by atomic mass is 16.4. The van der Waals surface area contributed by atoms with Gasteiger partial charge >= 0.3 is 5.97 Å². The SMILES string of the molecule is CC(C)(C)c1ccc(-c2cc(N)ccc2C(=O)O)cc1. The van der Waals surface area contributed by atoms with Crippen molar-refractivity contribution in [1.82, 2.24) is 0 Å². The lowest BCUT2D eigenvalue weighted by atomic mass is 9.86. The Morgan fingerprint density at radius 1 is 1.05 bits per heavy atom. The largest absolute Gasteiger partial charge is 0.478 e. The van der Waals surface area contributed by atoms with Gasteiger partial charge in [-0.1, -0.05) is 45.0 Å². The quantitative estimate of drug-likeness (QED) is 0.812. The van der Waals surface area contributed by atoms with Crippen LogP contribution in [0.3, 0.4) is 0 Å². The van der Waals surface area contributed by atoms with Crippen LogP contribution in [0.25, 0.3) is 11.1 Å². The maximum absolute atomic E-state index is 11.3. The first-order valence-corrected chi connectivity index (χ1v) is 6.53. The lowest BCUT2D eigenvalue weighted by molar-refractivity contribution is 0.0698. The van der Waals surface area contributed by atoms with Crippen molar-refractivity contribution < 1.29 is 9.90 Å². The van der Waals surface area contributed by atoms with Crippen LogP contribution in [0.2, 0.25) is 0 Å². The van der Waals surface area contributed by atoms with Crippen LogP contribution in [-0.2, 0) is 5.41 Å². The van der Waals surface area contributed by atoms with E-state index >= 15 is 0 Å². The van der Waals surface area contributed by atoms with E-state index in [4.69, 9.17) is 5.73 Å². The van der Waals surface area contributed by atoms with E-state index < -0.39 is 5.97 Å². The average molecular weight is 269 g/mol. The molecule has 0 heterocycles. The third-order valence-corrected chi connectivity index (χ3v) is 3.34. The van der Waals surface area contributed by atoms with Gasteiger partial charge in [0.15, 0.2) is 0 Å². The monoisotopic (exact) mass is 269 g/mol. The van der Waals surface area contributed by atoms with Gasteiger partial charge in [-0.25, -0.2) is 4.79 Å². The summed E-state index contributed by atoms with van der Waals surface area (Å²) in [7, 11) is 0. The first kappa shape index (κ1) is 14.1. The van der Waals surface area contributed by atoms with Crippen LogP contribution < -0.4 is 5.73 Å². The third kappa shape index (κ3) is 2.82. The Morgan fingerprint density at radius 3 is 2.15 bits per heavy atom. The van der Waals surface area contributed by atoms with Crippen molar-refractivity contribution in [2.45, 2.75) is 26.2 Å². The fourth-order valence-corrected chi connectivity index (χ4v) is 2.14. The fraction of sp³-hybridized carbons (Fsp3) is 0.235. The molecule has 104 valence electrons. The van der Waals surface area contributed by atoms with Crippen LogP contribution in [0.5, 0.6) is 0 Å². The number of hydrogen-bond acceptors (Lipinski definition) is 2. The maximum Gasteiger partial charge on any atom is 0.336 e. The van der Waals surface area contributed by atoms with Crippen molar-refractivity contribution >= 4 is 11.7 Å². The number of carbonyl (C=O) groups is 1. The van der Waals surface area contributed by atoms with E-state index in [0.717, 1.165) is 5.56 Å². The summed E-state index contributed by atoms with van der Waals surface area (Å²) in [5, 5.41) is 9.26. The van der Waals surface area contributed by atoms with Crippen molar-refractivity contribution in [3.05, 3.63) is 53.6 Å². The van der Waals surface area contributed by atoms with Crippen LogP contribution in [0.15, 0.2) is 42.5 Å². The van der Waals surface area contributed by atoms with Crippen LogP contribution in [0.4, 0.5) is 5.69 Å². The zero-order valence-electron chi connectivity index (χ0n) is 12.0. The molecule has 0 fully saturated rings. The number of nitrogen functional groups attached to an aromatic ring is 1. The van der Waals surface area contributed by atoms with Crippen molar-refractivity contribution in [1.29, 1.82) is 0 Å². The molecular weight excluding hydrogens is 250 g/mol. The molecule has 0 aliphatic rings. The number of aromatic carboxylic acids is 1. The highest BCUT2D eigenvalue weighted by molar-refractivity contribution is 5.96. The molecule has 0 saturated heterocycles.